The van der Waals surface area contributed by atoms with E-state index in [-0.39, 0.29) is 23.7 Å². The number of halogens is 1. The van der Waals surface area contributed by atoms with Crippen molar-refractivity contribution in [1.29, 1.82) is 10.5 Å². The summed E-state index contributed by atoms with van der Waals surface area (Å²) >= 11 is 0. The van der Waals surface area contributed by atoms with Gasteiger partial charge in [0.15, 0.2) is 0 Å². The van der Waals surface area contributed by atoms with E-state index >= 15 is 0 Å². The van der Waals surface area contributed by atoms with E-state index in [1.165, 1.54) is 12.1 Å². The van der Waals surface area contributed by atoms with Crippen molar-refractivity contribution in [1.82, 2.24) is 0 Å². The summed E-state index contributed by atoms with van der Waals surface area (Å²) in [7, 11) is 0. The lowest BCUT2D eigenvalue weighted by Gasteiger charge is -2.07. The zero-order chi connectivity index (χ0) is 27.2. The molecule has 3 aromatic rings. The van der Waals surface area contributed by atoms with Gasteiger partial charge in [-0.05, 0) is 60.4 Å². The zero-order valence-electron chi connectivity index (χ0n) is 21.1. The number of carbonyl (C=O) groups excluding carboxylic acids is 2. The lowest BCUT2D eigenvalue weighted by molar-refractivity contribution is -0.135. The lowest BCUT2D eigenvalue weighted by atomic mass is 10.0. The standard InChI is InChI=1S/C31H29FN2O4/c32-29-20-28(19-16-26(29)22-34)38-31(36)9-7-5-3-1-2-4-6-8-30(35)37-27-17-14-25(15-18-27)24-12-10-23(21-33)11-13-24/h10-20H,1-9H2. The van der Waals surface area contributed by atoms with Crippen LogP contribution in [0, 0.1) is 28.5 Å². The first-order chi connectivity index (χ1) is 18.5. The van der Waals surface area contributed by atoms with E-state index in [0.29, 0.717) is 24.2 Å². The fourth-order valence-electron chi connectivity index (χ4n) is 3.89. The van der Waals surface area contributed by atoms with Crippen LogP contribution in [-0.2, 0) is 9.59 Å². The quantitative estimate of drug-likeness (QED) is 0.136. The average molecular weight is 513 g/mol. The number of carbonyl (C=O) groups is 2. The molecule has 0 radical (unpaired) electrons. The molecule has 194 valence electrons. The van der Waals surface area contributed by atoms with Crippen LogP contribution in [0.2, 0.25) is 0 Å². The van der Waals surface area contributed by atoms with E-state index in [1.807, 2.05) is 24.3 Å². The number of unbranched alkanes of at least 4 members (excludes halogenated alkanes) is 6. The van der Waals surface area contributed by atoms with Crippen molar-refractivity contribution in [3.63, 3.8) is 0 Å². The number of hydrogen-bond acceptors (Lipinski definition) is 6. The molecule has 0 aromatic heterocycles. The van der Waals surface area contributed by atoms with Gasteiger partial charge in [-0.25, -0.2) is 4.39 Å². The highest BCUT2D eigenvalue weighted by atomic mass is 19.1. The Balaban J connectivity index is 1.22. The van der Waals surface area contributed by atoms with Crippen molar-refractivity contribution in [3.05, 3.63) is 83.7 Å². The molecule has 38 heavy (non-hydrogen) atoms. The Bertz CT molecular complexity index is 1310. The molecule has 0 saturated heterocycles. The van der Waals surface area contributed by atoms with Gasteiger partial charge in [-0.15, -0.1) is 0 Å². The van der Waals surface area contributed by atoms with E-state index < -0.39 is 11.8 Å². The molecule has 0 N–H and O–H groups in total. The maximum absolute atomic E-state index is 13.6. The third kappa shape index (κ3) is 9.19. The fourth-order valence-corrected chi connectivity index (χ4v) is 3.89. The first-order valence-corrected chi connectivity index (χ1v) is 12.7. The van der Waals surface area contributed by atoms with Gasteiger partial charge in [0.05, 0.1) is 17.2 Å². The molecule has 0 bridgehead atoms. The third-order valence-corrected chi connectivity index (χ3v) is 5.99. The predicted octanol–water partition coefficient (Wildman–Crippen LogP) is 7.26. The number of nitrogens with zero attached hydrogens (tertiary/aromatic N) is 2. The highest BCUT2D eigenvalue weighted by Crippen LogP contribution is 2.23. The summed E-state index contributed by atoms with van der Waals surface area (Å²) < 4.78 is 24.1. The third-order valence-electron chi connectivity index (χ3n) is 5.99. The Morgan fingerprint density at radius 3 is 1.61 bits per heavy atom. The highest BCUT2D eigenvalue weighted by molar-refractivity contribution is 5.73. The normalized spacial score (nSPS) is 10.3. The molecule has 0 atom stereocenters. The maximum Gasteiger partial charge on any atom is 0.311 e. The Hall–Kier alpha value is -4.49. The van der Waals surface area contributed by atoms with Crippen molar-refractivity contribution in [2.24, 2.45) is 0 Å². The van der Waals surface area contributed by atoms with Crippen LogP contribution in [0.25, 0.3) is 11.1 Å². The monoisotopic (exact) mass is 512 g/mol. The van der Waals surface area contributed by atoms with Gasteiger partial charge in [-0.3, -0.25) is 9.59 Å². The van der Waals surface area contributed by atoms with Gasteiger partial charge in [0.1, 0.15) is 23.4 Å². The smallest absolute Gasteiger partial charge is 0.311 e. The van der Waals surface area contributed by atoms with Gasteiger partial charge in [0.2, 0.25) is 0 Å². The molecule has 0 spiro atoms. The van der Waals surface area contributed by atoms with Crippen LogP contribution < -0.4 is 9.47 Å². The number of hydrogen-bond donors (Lipinski definition) is 0. The van der Waals surface area contributed by atoms with Crippen LogP contribution in [0.4, 0.5) is 4.39 Å². The second-order valence-corrected chi connectivity index (χ2v) is 8.89. The average Bonchev–Trinajstić information content (AvgIpc) is 2.92. The molecule has 6 nitrogen and oxygen atoms in total. The first kappa shape index (κ1) is 28.1. The molecule has 0 aliphatic heterocycles. The van der Waals surface area contributed by atoms with Crippen LogP contribution in [0.5, 0.6) is 11.5 Å². The summed E-state index contributed by atoms with van der Waals surface area (Å²) in [6.07, 6.45) is 6.87. The topological polar surface area (TPSA) is 100 Å². The van der Waals surface area contributed by atoms with E-state index in [2.05, 4.69) is 6.07 Å². The molecule has 0 heterocycles. The molecule has 0 fully saturated rings. The van der Waals surface area contributed by atoms with Crippen molar-refractivity contribution in [2.45, 2.75) is 57.8 Å². The Morgan fingerprint density at radius 2 is 1.11 bits per heavy atom. The van der Waals surface area contributed by atoms with Crippen molar-refractivity contribution >= 4 is 11.9 Å². The fraction of sp³-hybridized carbons (Fsp3) is 0.290. The van der Waals surface area contributed by atoms with Gasteiger partial charge in [-0.2, -0.15) is 10.5 Å². The summed E-state index contributed by atoms with van der Waals surface area (Å²) in [4.78, 5) is 24.0. The number of nitriles is 2. The molecule has 0 aliphatic carbocycles. The Labute approximate surface area is 222 Å². The summed E-state index contributed by atoms with van der Waals surface area (Å²) in [6.45, 7) is 0. The van der Waals surface area contributed by atoms with Crippen molar-refractivity contribution < 1.29 is 23.5 Å². The number of esters is 2. The minimum atomic E-state index is -0.708. The van der Waals surface area contributed by atoms with E-state index in [9.17, 15) is 14.0 Å². The molecule has 3 rings (SSSR count). The molecule has 3 aromatic carbocycles. The predicted molar refractivity (Wildman–Crippen MR) is 141 cm³/mol. The Kier molecular flexibility index (Phi) is 11.0. The lowest BCUT2D eigenvalue weighted by Crippen LogP contribution is -2.08. The largest absolute Gasteiger partial charge is 0.427 e. The number of benzene rings is 3. The minimum absolute atomic E-state index is 0.0895. The van der Waals surface area contributed by atoms with Gasteiger partial charge < -0.3 is 9.47 Å². The molecule has 0 aliphatic rings. The SMILES string of the molecule is N#Cc1ccc(-c2ccc(OC(=O)CCCCCCCCCC(=O)Oc3ccc(C#N)c(F)c3)cc2)cc1. The second kappa shape index (κ2) is 14.9. The van der Waals surface area contributed by atoms with Crippen molar-refractivity contribution in [3.8, 4) is 34.8 Å². The molecule has 0 saturated carbocycles. The summed E-state index contributed by atoms with van der Waals surface area (Å²) in [5.74, 6) is -0.769. The molecule has 7 heteroatoms. The van der Waals surface area contributed by atoms with Crippen LogP contribution in [0.1, 0.15) is 68.9 Å². The maximum atomic E-state index is 13.6. The summed E-state index contributed by atoms with van der Waals surface area (Å²) in [5.41, 5.74) is 2.49. The van der Waals surface area contributed by atoms with Crippen LogP contribution in [-0.4, -0.2) is 11.9 Å². The summed E-state index contributed by atoms with van der Waals surface area (Å²) in [6, 6.07) is 22.2. The zero-order valence-corrected chi connectivity index (χ0v) is 21.1. The molecule has 0 unspecified atom stereocenters. The highest BCUT2D eigenvalue weighted by Gasteiger charge is 2.09. The van der Waals surface area contributed by atoms with Gasteiger partial charge in [0, 0.05) is 18.9 Å². The first-order valence-electron chi connectivity index (χ1n) is 12.7. The molecule has 0 amide bonds. The number of ether oxygens (including phenoxy) is 2. The van der Waals surface area contributed by atoms with Crippen LogP contribution >= 0.6 is 0 Å². The van der Waals surface area contributed by atoms with Gasteiger partial charge in [0.25, 0.3) is 0 Å². The van der Waals surface area contributed by atoms with Crippen LogP contribution in [0.3, 0.4) is 0 Å². The minimum Gasteiger partial charge on any atom is -0.427 e. The van der Waals surface area contributed by atoms with E-state index in [4.69, 9.17) is 20.0 Å². The van der Waals surface area contributed by atoms with E-state index in [1.54, 1.807) is 30.3 Å². The second-order valence-electron chi connectivity index (χ2n) is 8.89. The van der Waals surface area contributed by atoms with Gasteiger partial charge in [-0.1, -0.05) is 56.4 Å². The molecular formula is C31H29FN2O4. The van der Waals surface area contributed by atoms with Gasteiger partial charge >= 0.3 is 11.9 Å². The Morgan fingerprint density at radius 1 is 0.632 bits per heavy atom. The van der Waals surface area contributed by atoms with Crippen LogP contribution in [0.15, 0.2) is 66.7 Å². The molecular weight excluding hydrogens is 483 g/mol. The number of rotatable bonds is 13. The van der Waals surface area contributed by atoms with Crippen molar-refractivity contribution in [2.75, 3.05) is 0 Å². The van der Waals surface area contributed by atoms with E-state index in [0.717, 1.165) is 55.7 Å². The summed E-state index contributed by atoms with van der Waals surface area (Å²) in [5, 5.41) is 17.6.